The number of aliphatic hydroxyl groups is 1. The number of cyclic esters (lactones) is 1. The average Bonchev–Trinajstić information content (AvgIpc) is 1.48. The number of carbonyl (C=O) groups excluding carboxylic acids is 7. The van der Waals surface area contributed by atoms with E-state index in [1.54, 1.807) is 44.4 Å². The van der Waals surface area contributed by atoms with E-state index in [4.69, 9.17) is 42.9 Å². The molecule has 1 aliphatic carbocycles. The number of nitrogens with one attached hydrogen (secondary N) is 3. The van der Waals surface area contributed by atoms with Gasteiger partial charge in [0, 0.05) is 78.6 Å². The second-order valence-corrected chi connectivity index (χ2v) is 26.1. The fourth-order valence-corrected chi connectivity index (χ4v) is 13.0. The van der Waals surface area contributed by atoms with Crippen LogP contribution in [0.5, 0.6) is 11.5 Å². The zero-order valence-electron chi connectivity index (χ0n) is 57.3. The van der Waals surface area contributed by atoms with E-state index in [0.717, 1.165) is 57.4 Å². The second kappa shape index (κ2) is 31.2. The van der Waals surface area contributed by atoms with Gasteiger partial charge in [0.15, 0.2) is 11.4 Å². The number of carbonyl (C=O) groups is 7. The van der Waals surface area contributed by atoms with Crippen molar-refractivity contribution in [3.05, 3.63) is 181 Å². The van der Waals surface area contributed by atoms with Crippen LogP contribution in [0.3, 0.4) is 0 Å². The molecule has 1 fully saturated rings. The quantitative estimate of drug-likeness (QED) is 0.0152. The van der Waals surface area contributed by atoms with Crippen molar-refractivity contribution in [3.8, 4) is 34.0 Å². The van der Waals surface area contributed by atoms with Crippen molar-refractivity contribution < 1.29 is 81.5 Å². The Morgan fingerprint density at radius 2 is 1.49 bits per heavy atom. The molecule has 1 saturated heterocycles. The van der Waals surface area contributed by atoms with Crippen LogP contribution >= 0.6 is 0 Å². The van der Waals surface area contributed by atoms with Crippen LogP contribution in [0.15, 0.2) is 126 Å². The summed E-state index contributed by atoms with van der Waals surface area (Å²) < 4.78 is 46.6. The third-order valence-corrected chi connectivity index (χ3v) is 18.6. The van der Waals surface area contributed by atoms with Crippen molar-refractivity contribution in [3.63, 3.8) is 0 Å². The number of nitrogens with zero attached hydrogens (tertiary/aromatic N) is 3. The lowest BCUT2D eigenvalue weighted by atomic mass is 9.84. The summed E-state index contributed by atoms with van der Waals surface area (Å²) >= 11 is 0. The monoisotopic (exact) mass is 1370 g/mol. The molecule has 2 amide bonds. The van der Waals surface area contributed by atoms with Crippen LogP contribution < -0.4 is 31.0 Å². The zero-order chi connectivity index (χ0) is 71.9. The van der Waals surface area contributed by atoms with Gasteiger partial charge in [-0.3, -0.25) is 34.1 Å². The summed E-state index contributed by atoms with van der Waals surface area (Å²) in [5.74, 6) is -4.96. The molecule has 4 aliphatic rings. The van der Waals surface area contributed by atoms with Crippen LogP contribution in [0.2, 0.25) is 0 Å². The minimum absolute atomic E-state index is 0.0101. The molecule has 0 unspecified atom stereocenters. The molecule has 100 heavy (non-hydrogen) atoms. The third kappa shape index (κ3) is 16.0. The number of hydrogen-bond donors (Lipinski definition) is 4. The number of ketones is 1. The number of amides is 2. The number of hydrogen-bond acceptors (Lipinski definition) is 21. The molecule has 3 aliphatic heterocycles. The van der Waals surface area contributed by atoms with Crippen LogP contribution in [-0.4, -0.2) is 112 Å². The summed E-state index contributed by atoms with van der Waals surface area (Å²) in [6.07, 6.45) is -3.94. The van der Waals surface area contributed by atoms with Crippen LogP contribution in [-0.2, 0) is 84.2 Å². The molecule has 8 atom stereocenters. The van der Waals surface area contributed by atoms with Crippen LogP contribution in [0.25, 0.3) is 33.4 Å². The maximum absolute atomic E-state index is 13.9. The Bertz CT molecular complexity index is 4300. The molecular weight excluding hydrogens is 1290 g/mol. The fourth-order valence-electron chi connectivity index (χ4n) is 13.0. The van der Waals surface area contributed by atoms with Gasteiger partial charge in [0.2, 0.25) is 12.2 Å². The van der Waals surface area contributed by atoms with Crippen molar-refractivity contribution in [1.29, 1.82) is 0 Å². The number of alkyl carbamates (subject to hydrolysis) is 1. The number of para-hydroxylation sites is 1. The van der Waals surface area contributed by atoms with Gasteiger partial charge in [0.25, 0.3) is 11.2 Å². The van der Waals surface area contributed by atoms with Gasteiger partial charge in [-0.05, 0) is 95.1 Å². The number of nitro benzene ring substituents is 1. The highest BCUT2D eigenvalue weighted by Gasteiger charge is 2.47. The predicted molar refractivity (Wildman–Crippen MR) is 366 cm³/mol. The number of ether oxygens (including phenoxy) is 8. The first-order chi connectivity index (χ1) is 47.7. The Balaban J connectivity index is 0.000000279. The molecule has 7 aromatic rings. The molecule has 4 N–H and O–H groups in total. The van der Waals surface area contributed by atoms with Crippen molar-refractivity contribution in [2.45, 2.75) is 150 Å². The molecular formula is C75H82N6O19. The summed E-state index contributed by atoms with van der Waals surface area (Å²) in [7, 11) is 0. The Labute approximate surface area is 577 Å². The van der Waals surface area contributed by atoms with Gasteiger partial charge in [-0.15, -0.1) is 0 Å². The number of anilines is 1. The van der Waals surface area contributed by atoms with Gasteiger partial charge in [-0.2, -0.15) is 0 Å². The standard InChI is InChI=1S/C50H55N3O15.C25H27N3O4/c1-27(2)45(52-49(58)63-25-40-38-14-10-8-12-36(38)37-13-9-11-15-39(37)40)42(56)22-28(3)47(57)51-41-21-16-33(24-64-50(59)66-35-19-17-34(18-20-35)53(60)61)23-43(41)67-48-30(5)29(4)46(65-32(7)55)44(68-48)26-62-31(6)54;1-4-25(31)19-11-21-22-17(12-28(21)23(29)18(19)13-32-24(25)30)15(9-10-26-14(2)3)16-7-5-6-8-20(16)27-22/h8-21,23,27-30,40,44-46,48H,22,24-26H2,1-7H3,(H,51,57)(H,52,58);5-8,11,14,26,31H,4,9-10,12-13H2,1-3H3/t28-,29-,30-,44-,45+,46-,48-;25-/m10/s1. The lowest BCUT2D eigenvalue weighted by Gasteiger charge is -2.43. The number of rotatable bonds is 23. The fraction of sp³-hybridized carbons (Fsp3) is 0.400. The Kier molecular flexibility index (Phi) is 22.6. The molecule has 2 aromatic heterocycles. The summed E-state index contributed by atoms with van der Waals surface area (Å²) in [6.45, 7) is 17.8. The van der Waals surface area contributed by atoms with Gasteiger partial charge in [-0.1, -0.05) is 128 Å². The summed E-state index contributed by atoms with van der Waals surface area (Å²) in [5, 5.41) is 32.2. The zero-order valence-corrected chi connectivity index (χ0v) is 57.3. The van der Waals surface area contributed by atoms with Crippen molar-refractivity contribution >= 4 is 64.1 Å². The number of non-ortho nitro benzene ring substituents is 1. The lowest BCUT2D eigenvalue weighted by Crippen LogP contribution is -2.54. The summed E-state index contributed by atoms with van der Waals surface area (Å²) in [6, 6.07) is 34.5. The molecule has 0 saturated carbocycles. The molecule has 0 radical (unpaired) electrons. The van der Waals surface area contributed by atoms with Crippen molar-refractivity contribution in [1.82, 2.24) is 20.2 Å². The molecule has 25 heteroatoms. The third-order valence-electron chi connectivity index (χ3n) is 18.6. The molecule has 5 aromatic carbocycles. The van der Waals surface area contributed by atoms with E-state index in [2.05, 4.69) is 35.9 Å². The van der Waals surface area contributed by atoms with Crippen LogP contribution in [0.4, 0.5) is 21.0 Å². The number of benzene rings is 5. The van der Waals surface area contributed by atoms with E-state index in [0.29, 0.717) is 35.0 Å². The van der Waals surface area contributed by atoms with Gasteiger partial charge < -0.3 is 63.5 Å². The van der Waals surface area contributed by atoms with Crippen LogP contribution in [0, 0.1) is 33.8 Å². The predicted octanol–water partition coefficient (Wildman–Crippen LogP) is 10.9. The normalized spacial score (nSPS) is 19.2. The first-order valence-electron chi connectivity index (χ1n) is 33.4. The second-order valence-electron chi connectivity index (χ2n) is 26.1. The van der Waals surface area contributed by atoms with E-state index in [1.165, 1.54) is 55.8 Å². The van der Waals surface area contributed by atoms with Crippen molar-refractivity contribution in [2.24, 2.45) is 23.7 Å². The topological polar surface area (TPSA) is 328 Å². The van der Waals surface area contributed by atoms with Crippen LogP contribution in [0.1, 0.15) is 127 Å². The summed E-state index contributed by atoms with van der Waals surface area (Å²) in [5.41, 5.74) is 7.71. The molecule has 526 valence electrons. The van der Waals surface area contributed by atoms with Gasteiger partial charge >= 0.3 is 30.2 Å². The van der Waals surface area contributed by atoms with E-state index in [9.17, 15) is 53.6 Å². The number of fused-ring (bicyclic) bond motifs is 8. The minimum atomic E-state index is -1.81. The number of pyridine rings is 2. The SMILES string of the molecule is CC(=O)OC[C@H]1O[C@@H](Oc2cc(COC(=O)Oc3ccc([N+](=O)[O-])cc3)ccc2NC(=O)[C@H](C)CC(=O)[C@@H](NC(=O)OCC2c3ccccc3-c3ccccc32)C(C)C)[C@H](C)[C@@H](C)[C@H]1OC(C)=O.CC[C@@]1(O)C(=O)OCc2c1cc1n(c2=O)Cc2c-1nc1ccccc1c2CCNC(C)C. The van der Waals surface area contributed by atoms with E-state index < -0.39 is 83.0 Å². The smallest absolute Gasteiger partial charge is 0.463 e. The number of esters is 3. The van der Waals surface area contributed by atoms with Crippen molar-refractivity contribution in [2.75, 3.05) is 25.1 Å². The molecule has 25 nitrogen and oxygen atoms in total. The first-order valence-corrected chi connectivity index (χ1v) is 33.4. The van der Waals surface area contributed by atoms with Gasteiger partial charge in [-0.25, -0.2) is 19.4 Å². The average molecular weight is 1370 g/mol. The molecule has 5 heterocycles. The highest BCUT2D eigenvalue weighted by atomic mass is 16.7. The minimum Gasteiger partial charge on any atom is -0.463 e. The van der Waals surface area contributed by atoms with Gasteiger partial charge in [0.1, 0.15) is 50.1 Å². The molecule has 11 rings (SSSR count). The van der Waals surface area contributed by atoms with Gasteiger partial charge in [0.05, 0.1) is 45.7 Å². The Hall–Kier alpha value is -10.4. The maximum Gasteiger partial charge on any atom is 0.514 e. The Morgan fingerprint density at radius 3 is 2.14 bits per heavy atom. The largest absolute Gasteiger partial charge is 0.514 e. The van der Waals surface area contributed by atoms with E-state index in [1.807, 2.05) is 80.6 Å². The molecule has 0 bridgehead atoms. The Morgan fingerprint density at radius 1 is 0.810 bits per heavy atom. The maximum atomic E-state index is 13.9. The number of Topliss-reactive ketones (excluding diaryl/α,β-unsaturated/α-hetero) is 1. The number of nitro groups is 1. The number of aromatic nitrogens is 2. The summed E-state index contributed by atoms with van der Waals surface area (Å²) in [4.78, 5) is 118. The molecule has 0 spiro atoms. The first kappa shape index (κ1) is 72.4. The van der Waals surface area contributed by atoms with E-state index >= 15 is 0 Å². The van der Waals surface area contributed by atoms with E-state index in [-0.39, 0.29) is 91.2 Å². The highest BCUT2D eigenvalue weighted by molar-refractivity contribution is 5.98. The highest BCUT2D eigenvalue weighted by Crippen LogP contribution is 2.45. The lowest BCUT2D eigenvalue weighted by molar-refractivity contribution is -0.384.